The van der Waals surface area contributed by atoms with Crippen LogP contribution in [0.4, 0.5) is 11.8 Å². The largest absolute Gasteiger partial charge is 0.396 e. The van der Waals surface area contributed by atoms with Crippen LogP contribution < -0.4 is 10.6 Å². The van der Waals surface area contributed by atoms with E-state index in [1.807, 2.05) is 13.0 Å². The van der Waals surface area contributed by atoms with Gasteiger partial charge in [0.05, 0.1) is 0 Å². The van der Waals surface area contributed by atoms with Crippen molar-refractivity contribution in [2.75, 3.05) is 30.8 Å². The Labute approximate surface area is 83.6 Å². The van der Waals surface area contributed by atoms with Gasteiger partial charge in [0.1, 0.15) is 5.82 Å². The van der Waals surface area contributed by atoms with Crippen molar-refractivity contribution in [1.29, 1.82) is 0 Å². The monoisotopic (exact) mass is 196 g/mol. The van der Waals surface area contributed by atoms with Gasteiger partial charge in [-0.25, -0.2) is 4.98 Å². The van der Waals surface area contributed by atoms with Gasteiger partial charge in [0.2, 0.25) is 5.95 Å². The van der Waals surface area contributed by atoms with Crippen LogP contribution in [0.3, 0.4) is 0 Å². The molecule has 0 aromatic carbocycles. The molecular weight excluding hydrogens is 180 g/mol. The highest BCUT2D eigenvalue weighted by atomic mass is 16.3. The van der Waals surface area contributed by atoms with Crippen LogP contribution in [0.15, 0.2) is 6.07 Å². The molecule has 1 heterocycles. The molecule has 1 rings (SSSR count). The van der Waals surface area contributed by atoms with Crippen molar-refractivity contribution in [2.45, 2.75) is 13.3 Å². The van der Waals surface area contributed by atoms with E-state index < -0.39 is 0 Å². The van der Waals surface area contributed by atoms with Gasteiger partial charge >= 0.3 is 0 Å². The summed E-state index contributed by atoms with van der Waals surface area (Å²) in [6.07, 6.45) is 0.720. The predicted octanol–water partition coefficient (Wildman–Crippen LogP) is 0.621. The lowest BCUT2D eigenvalue weighted by molar-refractivity contribution is 0.292. The first-order valence-corrected chi connectivity index (χ1v) is 4.64. The molecule has 1 aromatic rings. The lowest BCUT2D eigenvalue weighted by Gasteiger charge is -2.07. The first-order valence-electron chi connectivity index (χ1n) is 4.64. The summed E-state index contributed by atoms with van der Waals surface area (Å²) < 4.78 is 0. The molecule has 3 N–H and O–H groups in total. The van der Waals surface area contributed by atoms with E-state index in [4.69, 9.17) is 5.11 Å². The second kappa shape index (κ2) is 5.39. The molecule has 78 valence electrons. The summed E-state index contributed by atoms with van der Waals surface area (Å²) in [5, 5.41) is 14.6. The number of nitrogens with one attached hydrogen (secondary N) is 2. The van der Waals surface area contributed by atoms with Gasteiger partial charge in [-0.2, -0.15) is 4.98 Å². The van der Waals surface area contributed by atoms with E-state index in [9.17, 15) is 0 Å². The van der Waals surface area contributed by atoms with Gasteiger partial charge in [0.25, 0.3) is 0 Å². The summed E-state index contributed by atoms with van der Waals surface area (Å²) in [4.78, 5) is 8.38. The Hall–Kier alpha value is -1.36. The van der Waals surface area contributed by atoms with E-state index in [1.165, 1.54) is 0 Å². The van der Waals surface area contributed by atoms with Crippen molar-refractivity contribution >= 4 is 11.8 Å². The average molecular weight is 196 g/mol. The fourth-order valence-electron chi connectivity index (χ4n) is 1.07. The normalized spacial score (nSPS) is 9.93. The van der Waals surface area contributed by atoms with Gasteiger partial charge in [0.15, 0.2) is 0 Å². The SMILES string of the molecule is CNc1nc(C)cc(NCCCO)n1. The first-order chi connectivity index (χ1) is 6.76. The van der Waals surface area contributed by atoms with E-state index >= 15 is 0 Å². The van der Waals surface area contributed by atoms with E-state index in [1.54, 1.807) is 7.05 Å². The molecule has 1 aromatic heterocycles. The number of nitrogens with zero attached hydrogens (tertiary/aromatic N) is 2. The first kappa shape index (κ1) is 10.7. The van der Waals surface area contributed by atoms with Gasteiger partial charge in [-0.05, 0) is 13.3 Å². The number of aliphatic hydroxyl groups excluding tert-OH is 1. The van der Waals surface area contributed by atoms with Crippen LogP contribution in [-0.4, -0.2) is 35.3 Å². The predicted molar refractivity (Wildman–Crippen MR) is 56.5 cm³/mol. The summed E-state index contributed by atoms with van der Waals surface area (Å²) in [6, 6.07) is 1.87. The van der Waals surface area contributed by atoms with Crippen molar-refractivity contribution in [2.24, 2.45) is 0 Å². The van der Waals surface area contributed by atoms with Crippen LogP contribution >= 0.6 is 0 Å². The van der Waals surface area contributed by atoms with Crippen LogP contribution in [0.25, 0.3) is 0 Å². The van der Waals surface area contributed by atoms with Crippen LogP contribution in [0.5, 0.6) is 0 Å². The Kier molecular flexibility index (Phi) is 4.12. The van der Waals surface area contributed by atoms with Crippen molar-refractivity contribution < 1.29 is 5.11 Å². The van der Waals surface area contributed by atoms with Gasteiger partial charge in [-0.1, -0.05) is 0 Å². The maximum Gasteiger partial charge on any atom is 0.224 e. The van der Waals surface area contributed by atoms with Crippen molar-refractivity contribution in [1.82, 2.24) is 9.97 Å². The number of aliphatic hydroxyl groups is 1. The molecule has 0 saturated heterocycles. The van der Waals surface area contributed by atoms with Crippen molar-refractivity contribution in [3.05, 3.63) is 11.8 Å². The van der Waals surface area contributed by atoms with Gasteiger partial charge < -0.3 is 15.7 Å². The molecule has 5 nitrogen and oxygen atoms in total. The maximum atomic E-state index is 8.61. The zero-order valence-corrected chi connectivity index (χ0v) is 8.54. The minimum Gasteiger partial charge on any atom is -0.396 e. The minimum absolute atomic E-state index is 0.190. The smallest absolute Gasteiger partial charge is 0.224 e. The van der Waals surface area contributed by atoms with Crippen LogP contribution in [0.2, 0.25) is 0 Å². The van der Waals surface area contributed by atoms with E-state index in [2.05, 4.69) is 20.6 Å². The Bertz CT molecular complexity index is 290. The number of hydrogen-bond donors (Lipinski definition) is 3. The van der Waals surface area contributed by atoms with Crippen molar-refractivity contribution in [3.8, 4) is 0 Å². The summed E-state index contributed by atoms with van der Waals surface area (Å²) in [6.45, 7) is 2.83. The number of aromatic nitrogens is 2. The highest BCUT2D eigenvalue weighted by Gasteiger charge is 1.99. The summed E-state index contributed by atoms with van der Waals surface area (Å²) >= 11 is 0. The molecule has 0 radical (unpaired) electrons. The standard InChI is InChI=1S/C9H16N4O/c1-7-6-8(11-4-3-5-14)13-9(10-2)12-7/h6,14H,3-5H2,1-2H3,(H2,10,11,12,13). The molecular formula is C9H16N4O. The zero-order valence-electron chi connectivity index (χ0n) is 8.54. The molecule has 14 heavy (non-hydrogen) atoms. The minimum atomic E-state index is 0.190. The summed E-state index contributed by atoms with van der Waals surface area (Å²) in [7, 11) is 1.78. The number of aryl methyl sites for hydroxylation is 1. The molecule has 0 atom stereocenters. The topological polar surface area (TPSA) is 70.1 Å². The Balaban J connectivity index is 2.62. The average Bonchev–Trinajstić information content (AvgIpc) is 2.17. The third kappa shape index (κ3) is 3.18. The molecule has 0 bridgehead atoms. The van der Waals surface area contributed by atoms with E-state index in [0.29, 0.717) is 5.95 Å². The second-order valence-electron chi connectivity index (χ2n) is 2.97. The molecule has 5 heteroatoms. The van der Waals surface area contributed by atoms with Gasteiger partial charge in [-0.3, -0.25) is 0 Å². The molecule has 0 aliphatic heterocycles. The molecule has 0 saturated carbocycles. The highest BCUT2D eigenvalue weighted by molar-refractivity contribution is 5.41. The Morgan fingerprint density at radius 3 is 2.86 bits per heavy atom. The number of anilines is 2. The molecule has 0 spiro atoms. The van der Waals surface area contributed by atoms with Gasteiger partial charge in [0, 0.05) is 32.0 Å². The molecule has 0 aliphatic rings. The fourth-order valence-corrected chi connectivity index (χ4v) is 1.07. The van der Waals surface area contributed by atoms with Crippen LogP contribution in [0.1, 0.15) is 12.1 Å². The second-order valence-corrected chi connectivity index (χ2v) is 2.97. The molecule has 0 aliphatic carbocycles. The lowest BCUT2D eigenvalue weighted by atomic mass is 10.4. The van der Waals surface area contributed by atoms with Crippen LogP contribution in [-0.2, 0) is 0 Å². The maximum absolute atomic E-state index is 8.61. The van der Waals surface area contributed by atoms with Crippen LogP contribution in [0, 0.1) is 6.92 Å². The molecule has 0 fully saturated rings. The Morgan fingerprint density at radius 1 is 1.43 bits per heavy atom. The Morgan fingerprint density at radius 2 is 2.21 bits per heavy atom. The summed E-state index contributed by atoms with van der Waals surface area (Å²) in [5.41, 5.74) is 0.913. The quantitative estimate of drug-likeness (QED) is 0.602. The highest BCUT2D eigenvalue weighted by Crippen LogP contribution is 2.08. The number of hydrogen-bond acceptors (Lipinski definition) is 5. The van der Waals surface area contributed by atoms with E-state index in [-0.39, 0.29) is 6.61 Å². The van der Waals surface area contributed by atoms with Crippen molar-refractivity contribution in [3.63, 3.8) is 0 Å². The fraction of sp³-hybridized carbons (Fsp3) is 0.556. The number of rotatable bonds is 5. The molecule has 0 amide bonds. The molecule has 0 unspecified atom stereocenters. The summed E-state index contributed by atoms with van der Waals surface area (Å²) in [5.74, 6) is 1.40. The lowest BCUT2D eigenvalue weighted by Crippen LogP contribution is -2.07. The third-order valence-electron chi connectivity index (χ3n) is 1.72. The zero-order chi connectivity index (χ0) is 10.4. The third-order valence-corrected chi connectivity index (χ3v) is 1.72. The van der Waals surface area contributed by atoms with Gasteiger partial charge in [-0.15, -0.1) is 0 Å². The van der Waals surface area contributed by atoms with E-state index in [0.717, 1.165) is 24.5 Å².